The van der Waals surface area contributed by atoms with Crippen LogP contribution in [-0.4, -0.2) is 60.5 Å². The van der Waals surface area contributed by atoms with Gasteiger partial charge in [-0.3, -0.25) is 18.6 Å². The first kappa shape index (κ1) is 59.9. The van der Waals surface area contributed by atoms with Crippen LogP contribution in [0.5, 0.6) is 0 Å². The Morgan fingerprint density at radius 3 is 1.38 bits per heavy atom. The first-order valence-electron chi connectivity index (χ1n) is 24.3. The summed E-state index contributed by atoms with van der Waals surface area (Å²) in [5, 5.41) is 8.92. The van der Waals surface area contributed by atoms with Crippen molar-refractivity contribution in [2.75, 3.05) is 26.4 Å². The number of aliphatic carboxylic acids is 1. The number of carboxylic acid groups (broad SMARTS) is 1. The number of phosphoric acid groups is 1. The molecule has 0 aromatic rings. The quantitative estimate of drug-likeness (QED) is 0.0233. The first-order valence-corrected chi connectivity index (χ1v) is 25.8. The van der Waals surface area contributed by atoms with E-state index in [0.29, 0.717) is 13.0 Å². The Balaban J connectivity index is 4.26. The number of carbonyl (C=O) groups is 2. The van der Waals surface area contributed by atoms with Crippen molar-refractivity contribution in [2.24, 2.45) is 5.73 Å². The average Bonchev–Trinajstić information content (AvgIpc) is 3.26. The summed E-state index contributed by atoms with van der Waals surface area (Å²) in [6.07, 6.45) is 61.7. The van der Waals surface area contributed by atoms with Crippen LogP contribution >= 0.6 is 7.82 Å². The van der Waals surface area contributed by atoms with Gasteiger partial charge in [-0.15, -0.1) is 0 Å². The zero-order valence-electron chi connectivity index (χ0n) is 39.4. The SMILES string of the molecule is CC/C=C\C/C=C\C/C=C\C/C=C\C/C=C\C/C=C\CCCCCCCOCC(COP(=O)(O)OCC(N)C(=O)O)OC(=O)CCCCCCCCC/C=C\C/C=C\CCCCC. The lowest BCUT2D eigenvalue weighted by Crippen LogP contribution is -2.34. The third kappa shape index (κ3) is 46.7. The number of hydrogen-bond donors (Lipinski definition) is 3. The molecule has 0 fully saturated rings. The number of carboxylic acids is 1. The predicted molar refractivity (Wildman–Crippen MR) is 263 cm³/mol. The van der Waals surface area contributed by atoms with Crippen molar-refractivity contribution < 1.29 is 42.7 Å². The van der Waals surface area contributed by atoms with E-state index in [4.69, 9.17) is 29.4 Å². The van der Waals surface area contributed by atoms with Gasteiger partial charge in [-0.25, -0.2) is 4.57 Å². The standard InChI is InChI=1S/C52H88NO9P/c1-3-5-7-9-11-13-15-17-19-21-22-23-24-25-26-27-29-31-33-35-37-39-41-43-45-59-46-49(47-60-63(57,58)61-48-50(53)52(55)56)62-51(54)44-42-40-38-36-34-32-30-28-20-18-16-14-12-10-8-6-4-2/h5,7,11-14,17-20,22-23,25-26,29,31,49-50H,3-4,6,8-10,15-16,21,24,27-28,30,32-48,53H2,1-2H3,(H,55,56)(H,57,58)/b7-5-,13-11-,14-12-,19-17-,20-18-,23-22-,26-25-,31-29-. The van der Waals surface area contributed by atoms with Crippen LogP contribution in [-0.2, 0) is 32.7 Å². The number of unbranched alkanes of at least 4 members (excludes halogenated alkanes) is 15. The minimum absolute atomic E-state index is 0.00595. The van der Waals surface area contributed by atoms with Crippen molar-refractivity contribution in [3.63, 3.8) is 0 Å². The molecule has 63 heavy (non-hydrogen) atoms. The third-order valence-electron chi connectivity index (χ3n) is 9.85. The van der Waals surface area contributed by atoms with E-state index in [-0.39, 0.29) is 13.0 Å². The monoisotopic (exact) mass is 902 g/mol. The van der Waals surface area contributed by atoms with Gasteiger partial charge < -0.3 is 25.2 Å². The molecule has 0 saturated carbocycles. The maximum Gasteiger partial charge on any atom is 0.472 e. The van der Waals surface area contributed by atoms with E-state index in [2.05, 4.69) is 111 Å². The van der Waals surface area contributed by atoms with Crippen molar-refractivity contribution in [1.29, 1.82) is 0 Å². The Hall–Kier alpha value is -3.11. The summed E-state index contributed by atoms with van der Waals surface area (Å²) in [6.45, 7) is 3.67. The second-order valence-corrected chi connectivity index (χ2v) is 17.3. The van der Waals surface area contributed by atoms with Crippen LogP contribution in [0.15, 0.2) is 97.2 Å². The van der Waals surface area contributed by atoms with Gasteiger partial charge in [0.05, 0.1) is 19.8 Å². The van der Waals surface area contributed by atoms with Gasteiger partial charge in [0, 0.05) is 13.0 Å². The van der Waals surface area contributed by atoms with Crippen LogP contribution in [0.1, 0.15) is 181 Å². The zero-order chi connectivity index (χ0) is 46.2. The molecular weight excluding hydrogens is 814 g/mol. The van der Waals surface area contributed by atoms with Gasteiger partial charge in [-0.05, 0) is 96.3 Å². The van der Waals surface area contributed by atoms with Crippen molar-refractivity contribution in [3.8, 4) is 0 Å². The smallest absolute Gasteiger partial charge is 0.472 e. The fourth-order valence-electron chi connectivity index (χ4n) is 6.11. The van der Waals surface area contributed by atoms with Crippen LogP contribution in [0, 0.1) is 0 Å². The maximum atomic E-state index is 12.7. The van der Waals surface area contributed by atoms with Gasteiger partial charge in [0.15, 0.2) is 0 Å². The highest BCUT2D eigenvalue weighted by Gasteiger charge is 2.27. The van der Waals surface area contributed by atoms with Gasteiger partial charge in [-0.2, -0.15) is 0 Å². The Labute approximate surface area is 383 Å². The molecule has 360 valence electrons. The lowest BCUT2D eigenvalue weighted by atomic mass is 10.1. The minimum Gasteiger partial charge on any atom is -0.480 e. The van der Waals surface area contributed by atoms with Crippen LogP contribution in [0.2, 0.25) is 0 Å². The molecule has 0 radical (unpaired) electrons. The number of ether oxygens (including phenoxy) is 2. The average molecular weight is 902 g/mol. The molecule has 0 rings (SSSR count). The molecular formula is C52H88NO9P. The van der Waals surface area contributed by atoms with Gasteiger partial charge in [0.1, 0.15) is 12.1 Å². The molecule has 11 heteroatoms. The summed E-state index contributed by atoms with van der Waals surface area (Å²) < 4.78 is 33.4. The minimum atomic E-state index is -4.64. The van der Waals surface area contributed by atoms with Crippen molar-refractivity contribution >= 4 is 19.8 Å². The second-order valence-electron chi connectivity index (χ2n) is 15.9. The summed E-state index contributed by atoms with van der Waals surface area (Å²) in [4.78, 5) is 33.6. The van der Waals surface area contributed by atoms with Crippen LogP contribution in [0.25, 0.3) is 0 Å². The first-order chi connectivity index (χ1) is 30.7. The highest BCUT2D eigenvalue weighted by atomic mass is 31.2. The van der Waals surface area contributed by atoms with E-state index < -0.39 is 45.1 Å². The molecule has 0 amide bonds. The molecule has 0 spiro atoms. The molecule has 0 aliphatic carbocycles. The van der Waals surface area contributed by atoms with Gasteiger partial charge in [0.25, 0.3) is 0 Å². The van der Waals surface area contributed by atoms with Crippen molar-refractivity contribution in [2.45, 2.75) is 193 Å². The molecule has 3 atom stereocenters. The van der Waals surface area contributed by atoms with E-state index >= 15 is 0 Å². The number of esters is 1. The summed E-state index contributed by atoms with van der Waals surface area (Å²) in [5.74, 6) is -1.80. The normalized spacial score (nSPS) is 14.6. The molecule has 0 bridgehead atoms. The van der Waals surface area contributed by atoms with E-state index in [1.165, 1.54) is 44.9 Å². The van der Waals surface area contributed by atoms with Gasteiger partial charge >= 0.3 is 19.8 Å². The Morgan fingerprint density at radius 2 is 0.921 bits per heavy atom. The molecule has 0 aromatic heterocycles. The largest absolute Gasteiger partial charge is 0.480 e. The number of allylic oxidation sites excluding steroid dienone is 16. The van der Waals surface area contributed by atoms with Gasteiger partial charge in [-0.1, -0.05) is 175 Å². The molecule has 0 aliphatic heterocycles. The molecule has 0 aromatic carbocycles. The van der Waals surface area contributed by atoms with Gasteiger partial charge in [0.2, 0.25) is 0 Å². The maximum absolute atomic E-state index is 12.7. The Bertz CT molecular complexity index is 1370. The van der Waals surface area contributed by atoms with E-state index in [9.17, 15) is 19.0 Å². The predicted octanol–water partition coefficient (Wildman–Crippen LogP) is 14.1. The number of nitrogens with two attached hydrogens (primary N) is 1. The molecule has 3 unspecified atom stereocenters. The van der Waals surface area contributed by atoms with Crippen LogP contribution in [0.4, 0.5) is 0 Å². The highest BCUT2D eigenvalue weighted by molar-refractivity contribution is 7.47. The molecule has 4 N–H and O–H groups in total. The lowest BCUT2D eigenvalue weighted by molar-refractivity contribution is -0.154. The third-order valence-corrected chi connectivity index (χ3v) is 10.8. The summed E-state index contributed by atoms with van der Waals surface area (Å²) in [6, 6.07) is -1.48. The fourth-order valence-corrected chi connectivity index (χ4v) is 6.88. The fraction of sp³-hybridized carbons (Fsp3) is 0.654. The number of rotatable bonds is 45. The molecule has 0 heterocycles. The zero-order valence-corrected chi connectivity index (χ0v) is 40.3. The summed E-state index contributed by atoms with van der Waals surface area (Å²) >= 11 is 0. The topological polar surface area (TPSA) is 155 Å². The molecule has 0 saturated heterocycles. The lowest BCUT2D eigenvalue weighted by Gasteiger charge is -2.20. The second kappa shape index (κ2) is 46.9. The van der Waals surface area contributed by atoms with Crippen molar-refractivity contribution in [3.05, 3.63) is 97.2 Å². The van der Waals surface area contributed by atoms with E-state index in [1.54, 1.807) is 0 Å². The molecule has 0 aliphatic rings. The van der Waals surface area contributed by atoms with E-state index in [1.807, 2.05) is 0 Å². The number of carbonyl (C=O) groups excluding carboxylic acids is 1. The Kier molecular flexibility index (Phi) is 44.6. The van der Waals surface area contributed by atoms with Crippen molar-refractivity contribution in [1.82, 2.24) is 0 Å². The molecule has 10 nitrogen and oxygen atoms in total. The Morgan fingerprint density at radius 1 is 0.524 bits per heavy atom. The number of phosphoric ester groups is 1. The summed E-state index contributed by atoms with van der Waals surface area (Å²) in [5.41, 5.74) is 5.37. The summed E-state index contributed by atoms with van der Waals surface area (Å²) in [7, 11) is -4.64. The number of hydrogen-bond acceptors (Lipinski definition) is 8. The van der Waals surface area contributed by atoms with E-state index in [0.717, 1.165) is 109 Å². The van der Waals surface area contributed by atoms with Crippen LogP contribution in [0.3, 0.4) is 0 Å². The van der Waals surface area contributed by atoms with Crippen LogP contribution < -0.4 is 5.73 Å². The highest BCUT2D eigenvalue weighted by Crippen LogP contribution is 2.43.